The molecule has 7 heteroatoms. The second kappa shape index (κ2) is 10.6. The maximum absolute atomic E-state index is 4.32. The minimum atomic E-state index is 0.162. The van der Waals surface area contributed by atoms with E-state index >= 15 is 0 Å². The Kier molecular flexibility index (Phi) is 12.4. The Bertz CT molecular complexity index is 127. The maximum Gasteiger partial charge on any atom is 0.0532 e. The summed E-state index contributed by atoms with van der Waals surface area (Å²) in [4.78, 5) is 0. The lowest BCUT2D eigenvalue weighted by atomic mass is 10.5. The van der Waals surface area contributed by atoms with Crippen molar-refractivity contribution in [3.8, 4) is 0 Å². The second-order valence-corrected chi connectivity index (χ2v) is 8.72. The normalized spacial score (nSPS) is 13.9. The van der Waals surface area contributed by atoms with E-state index in [4.69, 9.17) is 0 Å². The standard InChI is InChI=1S/C7H16S7/c8-1-5(14-4-7(11)12)2-13-3-6(9)10/h5-12H,1-4H2. The Morgan fingerprint density at radius 3 is 1.86 bits per heavy atom. The Morgan fingerprint density at radius 1 is 0.857 bits per heavy atom. The van der Waals surface area contributed by atoms with Crippen molar-refractivity contribution < 1.29 is 0 Å². The van der Waals surface area contributed by atoms with Gasteiger partial charge in [0.25, 0.3) is 0 Å². The Hall–Kier alpha value is 2.45. The molecule has 0 rings (SSSR count). The first-order valence-corrected chi connectivity index (χ1v) is 8.99. The molecule has 0 spiro atoms. The summed E-state index contributed by atoms with van der Waals surface area (Å²) in [6.45, 7) is 0. The summed E-state index contributed by atoms with van der Waals surface area (Å²) in [6, 6.07) is 0. The molecule has 0 nitrogen and oxygen atoms in total. The molecular formula is C7H16S7. The Labute approximate surface area is 123 Å². The lowest BCUT2D eigenvalue weighted by Crippen LogP contribution is -2.12. The fourth-order valence-electron chi connectivity index (χ4n) is 0.681. The van der Waals surface area contributed by atoms with E-state index in [-0.39, 0.29) is 9.16 Å². The van der Waals surface area contributed by atoms with E-state index in [1.807, 2.05) is 23.5 Å². The smallest absolute Gasteiger partial charge is 0.0532 e. The van der Waals surface area contributed by atoms with Crippen molar-refractivity contribution in [2.45, 2.75) is 14.4 Å². The molecular weight excluding hydrogens is 309 g/mol. The van der Waals surface area contributed by atoms with Gasteiger partial charge in [0.1, 0.15) is 0 Å². The van der Waals surface area contributed by atoms with Gasteiger partial charge in [0.05, 0.1) is 9.16 Å². The fraction of sp³-hybridized carbons (Fsp3) is 1.00. The summed E-state index contributed by atoms with van der Waals surface area (Å²) in [5.74, 6) is 3.93. The quantitative estimate of drug-likeness (QED) is 0.344. The summed E-state index contributed by atoms with van der Waals surface area (Å²) in [5.41, 5.74) is 0. The number of thioether (sulfide) groups is 2. The van der Waals surface area contributed by atoms with Crippen LogP contribution in [-0.2, 0) is 0 Å². The van der Waals surface area contributed by atoms with Crippen molar-refractivity contribution in [3.63, 3.8) is 0 Å². The van der Waals surface area contributed by atoms with Gasteiger partial charge in [0, 0.05) is 28.3 Å². The zero-order valence-corrected chi connectivity index (χ0v) is 13.7. The lowest BCUT2D eigenvalue weighted by Gasteiger charge is -2.14. The Balaban J connectivity index is 3.48. The fourth-order valence-corrected chi connectivity index (χ4v) is 4.40. The highest BCUT2D eigenvalue weighted by molar-refractivity contribution is 8.07. The molecule has 1 unspecified atom stereocenters. The van der Waals surface area contributed by atoms with Crippen LogP contribution in [0.1, 0.15) is 0 Å². The molecule has 0 N–H and O–H groups in total. The molecule has 0 aliphatic rings. The highest BCUT2D eigenvalue weighted by Gasteiger charge is 2.09. The summed E-state index contributed by atoms with van der Waals surface area (Å²) < 4.78 is 0.336. The van der Waals surface area contributed by atoms with Crippen molar-refractivity contribution >= 4 is 86.7 Å². The Morgan fingerprint density at radius 2 is 1.43 bits per heavy atom. The molecule has 0 aromatic carbocycles. The summed E-state index contributed by atoms with van der Waals surface area (Å²) in [5, 5.41) is 0.575. The van der Waals surface area contributed by atoms with Crippen LogP contribution in [0.5, 0.6) is 0 Å². The second-order valence-electron chi connectivity index (χ2n) is 2.64. The SMILES string of the molecule is SCC(CSCC(S)S)SCC(S)S. The molecule has 0 bridgehead atoms. The first-order chi connectivity index (χ1) is 6.56. The van der Waals surface area contributed by atoms with Crippen LogP contribution >= 0.6 is 86.7 Å². The van der Waals surface area contributed by atoms with Gasteiger partial charge in [-0.1, -0.05) is 0 Å². The molecule has 0 aliphatic carbocycles. The topological polar surface area (TPSA) is 0 Å². The third-order valence-electron chi connectivity index (χ3n) is 1.26. The number of thiol groups is 5. The van der Waals surface area contributed by atoms with Gasteiger partial charge >= 0.3 is 0 Å². The van der Waals surface area contributed by atoms with Crippen molar-refractivity contribution in [1.29, 1.82) is 0 Å². The van der Waals surface area contributed by atoms with E-state index in [0.717, 1.165) is 23.0 Å². The predicted molar refractivity (Wildman–Crippen MR) is 90.9 cm³/mol. The average molecular weight is 325 g/mol. The molecule has 0 radical (unpaired) electrons. The average Bonchev–Trinajstić information content (AvgIpc) is 2.10. The molecule has 0 aliphatic heterocycles. The third kappa shape index (κ3) is 11.0. The highest BCUT2D eigenvalue weighted by atomic mass is 32.2. The van der Waals surface area contributed by atoms with Crippen molar-refractivity contribution in [1.82, 2.24) is 0 Å². The number of hydrogen-bond acceptors (Lipinski definition) is 7. The van der Waals surface area contributed by atoms with Crippen LogP contribution in [0.15, 0.2) is 0 Å². The summed E-state index contributed by atoms with van der Waals surface area (Å²) in [6.07, 6.45) is 0. The van der Waals surface area contributed by atoms with Crippen LogP contribution < -0.4 is 0 Å². The molecule has 0 fully saturated rings. The van der Waals surface area contributed by atoms with Crippen LogP contribution in [0, 0.1) is 0 Å². The molecule has 14 heavy (non-hydrogen) atoms. The molecule has 0 heterocycles. The highest BCUT2D eigenvalue weighted by Crippen LogP contribution is 2.22. The van der Waals surface area contributed by atoms with Crippen molar-refractivity contribution in [2.75, 3.05) is 23.0 Å². The molecule has 0 amide bonds. The zero-order valence-electron chi connectivity index (χ0n) is 7.61. The number of hydrogen-bond donors (Lipinski definition) is 5. The van der Waals surface area contributed by atoms with Gasteiger partial charge in [0.2, 0.25) is 0 Å². The van der Waals surface area contributed by atoms with E-state index in [1.54, 1.807) is 0 Å². The van der Waals surface area contributed by atoms with Gasteiger partial charge in [-0.05, 0) is 0 Å². The minimum Gasteiger partial charge on any atom is -0.178 e. The first-order valence-electron chi connectivity index (χ1n) is 4.08. The molecule has 0 saturated heterocycles. The first kappa shape index (κ1) is 16.4. The number of rotatable bonds is 8. The van der Waals surface area contributed by atoms with E-state index < -0.39 is 0 Å². The van der Waals surface area contributed by atoms with Crippen LogP contribution in [-0.4, -0.2) is 37.4 Å². The summed E-state index contributed by atoms with van der Waals surface area (Å²) in [7, 11) is 0. The van der Waals surface area contributed by atoms with Crippen LogP contribution in [0.25, 0.3) is 0 Å². The minimum absolute atomic E-state index is 0.162. The van der Waals surface area contributed by atoms with Crippen molar-refractivity contribution in [2.24, 2.45) is 0 Å². The van der Waals surface area contributed by atoms with Gasteiger partial charge in [-0.25, -0.2) is 0 Å². The van der Waals surface area contributed by atoms with Crippen LogP contribution in [0.2, 0.25) is 0 Å². The molecule has 0 saturated carbocycles. The largest absolute Gasteiger partial charge is 0.178 e. The van der Waals surface area contributed by atoms with Crippen LogP contribution in [0.3, 0.4) is 0 Å². The molecule has 86 valence electrons. The monoisotopic (exact) mass is 324 g/mol. The van der Waals surface area contributed by atoms with Gasteiger partial charge in [-0.15, -0.1) is 0 Å². The molecule has 0 aromatic rings. The maximum atomic E-state index is 4.32. The van der Waals surface area contributed by atoms with Crippen LogP contribution in [0.4, 0.5) is 0 Å². The van der Waals surface area contributed by atoms with Gasteiger partial charge in [0.15, 0.2) is 0 Å². The van der Waals surface area contributed by atoms with E-state index in [9.17, 15) is 0 Å². The molecule has 0 aromatic heterocycles. The predicted octanol–water partition coefficient (Wildman–Crippen LogP) is 3.12. The summed E-state index contributed by atoms with van der Waals surface area (Å²) >= 11 is 24.9. The van der Waals surface area contributed by atoms with E-state index in [1.165, 1.54) is 0 Å². The van der Waals surface area contributed by atoms with Gasteiger partial charge in [-0.2, -0.15) is 86.7 Å². The zero-order chi connectivity index (χ0) is 11.0. The van der Waals surface area contributed by atoms with Crippen molar-refractivity contribution in [3.05, 3.63) is 0 Å². The third-order valence-corrected chi connectivity index (χ3v) is 6.41. The van der Waals surface area contributed by atoms with E-state index in [2.05, 4.69) is 63.1 Å². The van der Waals surface area contributed by atoms with Gasteiger partial charge < -0.3 is 0 Å². The van der Waals surface area contributed by atoms with Gasteiger partial charge in [-0.3, -0.25) is 0 Å². The molecule has 1 atom stereocenters. The lowest BCUT2D eigenvalue weighted by molar-refractivity contribution is 1.15. The van der Waals surface area contributed by atoms with E-state index in [0.29, 0.717) is 5.25 Å².